The first-order valence-electron chi connectivity index (χ1n) is 7.23. The van der Waals surface area contributed by atoms with Crippen molar-refractivity contribution in [3.8, 4) is 11.1 Å². The second-order valence-corrected chi connectivity index (χ2v) is 4.89. The smallest absolute Gasteiger partial charge is 0.219 e. The zero-order valence-corrected chi connectivity index (χ0v) is 11.7. The van der Waals surface area contributed by atoms with Crippen LogP contribution in [-0.4, -0.2) is 12.5 Å². The van der Waals surface area contributed by atoms with E-state index >= 15 is 0 Å². The molecular formula is C18H21NO. The predicted octanol–water partition coefficient (Wildman–Crippen LogP) is 4.03. The maximum atomic E-state index is 10.6. The summed E-state index contributed by atoms with van der Waals surface area (Å²) in [6, 6.07) is 20.8. The Morgan fingerprint density at radius 1 is 0.700 bits per heavy atom. The highest BCUT2D eigenvalue weighted by Crippen LogP contribution is 2.17. The third-order valence-corrected chi connectivity index (χ3v) is 3.28. The second-order valence-electron chi connectivity index (χ2n) is 4.89. The lowest BCUT2D eigenvalue weighted by molar-refractivity contribution is -0.120. The van der Waals surface area contributed by atoms with Crippen molar-refractivity contribution in [1.82, 2.24) is 5.32 Å². The Morgan fingerprint density at radius 3 is 1.80 bits per heavy atom. The summed E-state index contributed by atoms with van der Waals surface area (Å²) in [6.45, 7) is 0.888. The molecule has 0 radical (unpaired) electrons. The third-order valence-electron chi connectivity index (χ3n) is 3.28. The molecule has 1 aliphatic rings. The zero-order valence-electron chi connectivity index (χ0n) is 11.7. The first kappa shape index (κ1) is 14.3. The van der Waals surface area contributed by atoms with Crippen LogP contribution in [-0.2, 0) is 4.79 Å². The summed E-state index contributed by atoms with van der Waals surface area (Å²) < 4.78 is 0. The molecule has 0 unspecified atom stereocenters. The predicted molar refractivity (Wildman–Crippen MR) is 83.4 cm³/mol. The fourth-order valence-corrected chi connectivity index (χ4v) is 2.16. The third kappa shape index (κ3) is 4.88. The number of rotatable bonds is 1. The van der Waals surface area contributed by atoms with Crippen LogP contribution in [0.2, 0.25) is 0 Å². The second kappa shape index (κ2) is 8.16. The van der Waals surface area contributed by atoms with E-state index in [0.29, 0.717) is 0 Å². The van der Waals surface area contributed by atoms with Gasteiger partial charge >= 0.3 is 0 Å². The zero-order chi connectivity index (χ0) is 14.0. The highest BCUT2D eigenvalue weighted by Gasteiger charge is 2.03. The average Bonchev–Trinajstić information content (AvgIpc) is 2.77. The lowest BCUT2D eigenvalue weighted by atomic mass is 10.1. The molecule has 2 aromatic carbocycles. The van der Waals surface area contributed by atoms with Gasteiger partial charge in [-0.2, -0.15) is 0 Å². The van der Waals surface area contributed by atoms with E-state index in [4.69, 9.17) is 0 Å². The van der Waals surface area contributed by atoms with Crippen molar-refractivity contribution in [3.05, 3.63) is 60.7 Å². The van der Waals surface area contributed by atoms with E-state index < -0.39 is 0 Å². The van der Waals surface area contributed by atoms with Crippen LogP contribution in [0.25, 0.3) is 11.1 Å². The monoisotopic (exact) mass is 267 g/mol. The number of hydrogen-bond donors (Lipinski definition) is 1. The highest BCUT2D eigenvalue weighted by atomic mass is 16.1. The van der Waals surface area contributed by atoms with Crippen molar-refractivity contribution in [1.29, 1.82) is 0 Å². The molecule has 2 heteroatoms. The molecule has 1 N–H and O–H groups in total. The van der Waals surface area contributed by atoms with Gasteiger partial charge in [-0.15, -0.1) is 0 Å². The van der Waals surface area contributed by atoms with Gasteiger partial charge in [0.15, 0.2) is 0 Å². The molecule has 0 spiro atoms. The number of nitrogens with one attached hydrogen (secondary N) is 1. The van der Waals surface area contributed by atoms with Crippen molar-refractivity contribution in [2.24, 2.45) is 0 Å². The van der Waals surface area contributed by atoms with Crippen LogP contribution in [0.5, 0.6) is 0 Å². The molecule has 104 valence electrons. The molecule has 1 saturated heterocycles. The van der Waals surface area contributed by atoms with Gasteiger partial charge in [0.1, 0.15) is 0 Å². The minimum absolute atomic E-state index is 0.225. The summed E-state index contributed by atoms with van der Waals surface area (Å²) >= 11 is 0. The van der Waals surface area contributed by atoms with Gasteiger partial charge in [-0.3, -0.25) is 4.79 Å². The molecule has 0 saturated carbocycles. The number of carbonyl (C=O) groups is 1. The van der Waals surface area contributed by atoms with E-state index in [-0.39, 0.29) is 5.91 Å². The molecule has 1 fully saturated rings. The highest BCUT2D eigenvalue weighted by molar-refractivity contribution is 5.75. The summed E-state index contributed by atoms with van der Waals surface area (Å²) in [6.07, 6.45) is 4.18. The SMILES string of the molecule is O=C1CCCCCN1.c1ccc(-c2ccccc2)cc1. The first-order valence-corrected chi connectivity index (χ1v) is 7.23. The Morgan fingerprint density at radius 2 is 1.25 bits per heavy atom. The molecule has 20 heavy (non-hydrogen) atoms. The van der Waals surface area contributed by atoms with E-state index in [9.17, 15) is 4.79 Å². The normalized spacial score (nSPS) is 14.5. The molecule has 0 aromatic heterocycles. The van der Waals surface area contributed by atoms with Crippen LogP contribution in [0, 0.1) is 0 Å². The molecule has 1 heterocycles. The summed E-state index contributed by atoms with van der Waals surface area (Å²) in [5.41, 5.74) is 2.55. The Balaban J connectivity index is 0.000000160. The molecular weight excluding hydrogens is 246 g/mol. The van der Waals surface area contributed by atoms with Crippen LogP contribution in [0.15, 0.2) is 60.7 Å². The van der Waals surface area contributed by atoms with Crippen LogP contribution in [0.4, 0.5) is 0 Å². The largest absolute Gasteiger partial charge is 0.356 e. The van der Waals surface area contributed by atoms with Crippen molar-refractivity contribution in [3.63, 3.8) is 0 Å². The fraction of sp³-hybridized carbons (Fsp3) is 0.278. The summed E-state index contributed by atoms with van der Waals surface area (Å²) in [5, 5.41) is 2.81. The Hall–Kier alpha value is -2.09. The summed E-state index contributed by atoms with van der Waals surface area (Å²) in [5.74, 6) is 0.225. The van der Waals surface area contributed by atoms with Gasteiger partial charge in [0.2, 0.25) is 5.91 Å². The molecule has 2 nitrogen and oxygen atoms in total. The van der Waals surface area contributed by atoms with Crippen molar-refractivity contribution < 1.29 is 4.79 Å². The molecule has 0 aliphatic carbocycles. The topological polar surface area (TPSA) is 29.1 Å². The fourth-order valence-electron chi connectivity index (χ4n) is 2.16. The van der Waals surface area contributed by atoms with E-state index in [1.807, 2.05) is 12.1 Å². The Kier molecular flexibility index (Phi) is 5.84. The molecule has 1 aliphatic heterocycles. The van der Waals surface area contributed by atoms with Crippen LogP contribution in [0.1, 0.15) is 25.7 Å². The van der Waals surface area contributed by atoms with Crippen molar-refractivity contribution in [2.75, 3.05) is 6.54 Å². The number of hydrogen-bond acceptors (Lipinski definition) is 1. The molecule has 3 rings (SSSR count). The lowest BCUT2D eigenvalue weighted by Crippen LogP contribution is -2.21. The van der Waals surface area contributed by atoms with Gasteiger partial charge in [-0.1, -0.05) is 67.1 Å². The van der Waals surface area contributed by atoms with Crippen molar-refractivity contribution in [2.45, 2.75) is 25.7 Å². The minimum atomic E-state index is 0.225. The number of carbonyl (C=O) groups excluding carboxylic acids is 1. The summed E-state index contributed by atoms with van der Waals surface area (Å²) in [7, 11) is 0. The van der Waals surface area contributed by atoms with Crippen LogP contribution < -0.4 is 5.32 Å². The van der Waals surface area contributed by atoms with E-state index in [2.05, 4.69) is 53.8 Å². The summed E-state index contributed by atoms with van der Waals surface area (Å²) in [4.78, 5) is 10.6. The Labute approximate surface area is 120 Å². The van der Waals surface area contributed by atoms with E-state index in [0.717, 1.165) is 25.8 Å². The maximum absolute atomic E-state index is 10.6. The molecule has 2 aromatic rings. The average molecular weight is 267 g/mol. The van der Waals surface area contributed by atoms with Crippen molar-refractivity contribution >= 4 is 5.91 Å². The van der Waals surface area contributed by atoms with Gasteiger partial charge in [-0.05, 0) is 24.0 Å². The molecule has 0 bridgehead atoms. The van der Waals surface area contributed by atoms with Gasteiger partial charge in [0, 0.05) is 13.0 Å². The number of benzene rings is 2. The maximum Gasteiger partial charge on any atom is 0.219 e. The molecule has 0 atom stereocenters. The molecule has 1 amide bonds. The van der Waals surface area contributed by atoms with Gasteiger partial charge < -0.3 is 5.32 Å². The van der Waals surface area contributed by atoms with E-state index in [1.54, 1.807) is 0 Å². The lowest BCUT2D eigenvalue weighted by Gasteiger charge is -1.98. The van der Waals surface area contributed by atoms with Crippen LogP contribution >= 0.6 is 0 Å². The first-order chi connectivity index (χ1) is 9.86. The van der Waals surface area contributed by atoms with Gasteiger partial charge in [-0.25, -0.2) is 0 Å². The van der Waals surface area contributed by atoms with Gasteiger partial charge in [0.05, 0.1) is 0 Å². The minimum Gasteiger partial charge on any atom is -0.356 e. The number of amides is 1. The van der Waals surface area contributed by atoms with Gasteiger partial charge in [0.25, 0.3) is 0 Å². The van der Waals surface area contributed by atoms with E-state index in [1.165, 1.54) is 17.5 Å². The quantitative estimate of drug-likeness (QED) is 0.830. The standard InChI is InChI=1S/C12H10.C6H11NO/c1-3-7-11(8-4-1)12-9-5-2-6-10-12;8-6-4-2-1-3-5-7-6/h1-10H;1-5H2,(H,7,8). The Bertz CT molecular complexity index is 460. The van der Waals surface area contributed by atoms with Crippen LogP contribution in [0.3, 0.4) is 0 Å².